The van der Waals surface area contributed by atoms with Gasteiger partial charge >= 0.3 is 5.97 Å². The number of aryl methyl sites for hydroxylation is 1. The first-order chi connectivity index (χ1) is 17.6. The highest BCUT2D eigenvalue weighted by Gasteiger charge is 2.26. The molecule has 1 atom stereocenters. The van der Waals surface area contributed by atoms with Gasteiger partial charge in [0.15, 0.2) is 0 Å². The summed E-state index contributed by atoms with van der Waals surface area (Å²) < 4.78 is 5.70. The molecule has 0 saturated heterocycles. The van der Waals surface area contributed by atoms with Gasteiger partial charge in [0.2, 0.25) is 5.91 Å². The van der Waals surface area contributed by atoms with Gasteiger partial charge in [-0.2, -0.15) is 0 Å². The van der Waals surface area contributed by atoms with Crippen LogP contribution in [0.15, 0.2) is 66.0 Å². The summed E-state index contributed by atoms with van der Waals surface area (Å²) >= 11 is 1.83. The molecule has 0 fully saturated rings. The van der Waals surface area contributed by atoms with E-state index in [9.17, 15) is 9.59 Å². The number of esters is 1. The first kappa shape index (κ1) is 26.1. The van der Waals surface area contributed by atoms with E-state index in [1.807, 2.05) is 53.8 Å². The molecule has 2 aromatic carbocycles. The van der Waals surface area contributed by atoms with E-state index in [0.29, 0.717) is 24.6 Å². The van der Waals surface area contributed by atoms with Crippen molar-refractivity contribution >= 4 is 23.2 Å². The molecule has 4 rings (SSSR count). The zero-order chi connectivity index (χ0) is 25.2. The first-order valence-corrected chi connectivity index (χ1v) is 13.9. The molecule has 0 spiro atoms. The highest BCUT2D eigenvalue weighted by molar-refractivity contribution is 7.09. The summed E-state index contributed by atoms with van der Waals surface area (Å²) in [6, 6.07) is 20.7. The van der Waals surface area contributed by atoms with Crippen molar-refractivity contribution in [1.82, 2.24) is 10.2 Å². The lowest BCUT2D eigenvalue weighted by molar-refractivity contribution is -0.135. The van der Waals surface area contributed by atoms with Gasteiger partial charge in [0.05, 0.1) is 0 Å². The smallest absolute Gasteiger partial charge is 0.330 e. The van der Waals surface area contributed by atoms with E-state index in [1.54, 1.807) is 0 Å². The van der Waals surface area contributed by atoms with Crippen molar-refractivity contribution in [2.75, 3.05) is 19.6 Å². The number of carbonyl (C=O) groups excluding carboxylic acids is 2. The van der Waals surface area contributed by atoms with Crippen molar-refractivity contribution < 1.29 is 14.3 Å². The van der Waals surface area contributed by atoms with Crippen LogP contribution in [0.1, 0.15) is 47.8 Å². The third-order valence-corrected chi connectivity index (χ3v) is 7.74. The summed E-state index contributed by atoms with van der Waals surface area (Å²) in [5, 5.41) is 4.84. The zero-order valence-electron chi connectivity index (χ0n) is 21.1. The summed E-state index contributed by atoms with van der Waals surface area (Å²) in [4.78, 5) is 28.7. The maximum absolute atomic E-state index is 12.5. The summed E-state index contributed by atoms with van der Waals surface area (Å²) in [6.07, 6.45) is 6.16. The van der Waals surface area contributed by atoms with Gasteiger partial charge in [-0.15, -0.1) is 11.3 Å². The van der Waals surface area contributed by atoms with Crippen LogP contribution < -0.4 is 10.1 Å². The van der Waals surface area contributed by atoms with E-state index in [4.69, 9.17) is 4.74 Å². The van der Waals surface area contributed by atoms with Crippen LogP contribution >= 0.6 is 11.3 Å². The van der Waals surface area contributed by atoms with E-state index in [-0.39, 0.29) is 12.5 Å². The Morgan fingerprint density at radius 2 is 1.89 bits per heavy atom. The fraction of sp³-hybridized carbons (Fsp3) is 0.400. The van der Waals surface area contributed by atoms with Crippen LogP contribution in [0.4, 0.5) is 0 Å². The molecule has 6 heteroatoms. The number of benzene rings is 2. The van der Waals surface area contributed by atoms with E-state index < -0.39 is 5.97 Å². The van der Waals surface area contributed by atoms with Crippen LogP contribution in [0, 0.1) is 0 Å². The van der Waals surface area contributed by atoms with Gasteiger partial charge in [0.25, 0.3) is 0 Å². The standard InChI is InChI=1S/C30H36N2O3S/c1-2-18-32(19-17-26-11-7-20-36-26)25-14-15-27-24(21-25)10-6-12-28(27)35-30(34)22-31-29(33)16-13-23-8-4-3-5-9-23/h3-12,20,25H,2,13-19,21-22H2,1H3,(H,31,33). The Bertz CT molecular complexity index is 1110. The predicted octanol–water partition coefficient (Wildman–Crippen LogP) is 5.21. The van der Waals surface area contributed by atoms with Crippen molar-refractivity contribution in [2.24, 2.45) is 0 Å². The largest absolute Gasteiger partial charge is 0.425 e. The zero-order valence-corrected chi connectivity index (χ0v) is 21.9. The molecule has 0 radical (unpaired) electrons. The molecule has 1 amide bonds. The Kier molecular flexibility index (Phi) is 9.70. The van der Waals surface area contributed by atoms with E-state index in [1.165, 1.54) is 10.4 Å². The molecule has 3 aromatic rings. The molecule has 0 saturated carbocycles. The van der Waals surface area contributed by atoms with Crippen molar-refractivity contribution in [3.8, 4) is 5.75 Å². The molecule has 1 aliphatic carbocycles. The SMILES string of the molecule is CCCN(CCc1cccs1)C1CCc2c(cccc2OC(=O)CNC(=O)CCc2ccccc2)C1. The number of hydrogen-bond donors (Lipinski definition) is 1. The minimum atomic E-state index is -0.429. The summed E-state index contributed by atoms with van der Waals surface area (Å²) in [7, 11) is 0. The number of nitrogens with one attached hydrogen (secondary N) is 1. The van der Waals surface area contributed by atoms with Gasteiger partial charge < -0.3 is 10.1 Å². The molecule has 5 nitrogen and oxygen atoms in total. The average Bonchev–Trinajstić information content (AvgIpc) is 3.43. The van der Waals surface area contributed by atoms with Gasteiger partial charge in [-0.1, -0.05) is 55.5 Å². The summed E-state index contributed by atoms with van der Waals surface area (Å²) in [5.74, 6) is 0.0598. The molecule has 0 aliphatic heterocycles. The average molecular weight is 505 g/mol. The normalized spacial score (nSPS) is 14.9. The molecule has 1 N–H and O–H groups in total. The number of ether oxygens (including phenoxy) is 1. The predicted molar refractivity (Wildman–Crippen MR) is 146 cm³/mol. The maximum atomic E-state index is 12.5. The number of thiophene rings is 1. The van der Waals surface area contributed by atoms with Crippen LogP contribution in [-0.4, -0.2) is 42.5 Å². The minimum absolute atomic E-state index is 0.118. The highest BCUT2D eigenvalue weighted by Crippen LogP contribution is 2.32. The number of hydrogen-bond acceptors (Lipinski definition) is 5. The van der Waals surface area contributed by atoms with Crippen LogP contribution in [0.25, 0.3) is 0 Å². The Morgan fingerprint density at radius 3 is 2.67 bits per heavy atom. The number of nitrogens with zero attached hydrogens (tertiary/aromatic N) is 1. The van der Waals surface area contributed by atoms with E-state index >= 15 is 0 Å². The third-order valence-electron chi connectivity index (χ3n) is 6.80. The second-order valence-corrected chi connectivity index (χ2v) is 10.4. The number of rotatable bonds is 12. The van der Waals surface area contributed by atoms with E-state index in [2.05, 4.69) is 40.7 Å². The van der Waals surface area contributed by atoms with Crippen LogP contribution in [0.2, 0.25) is 0 Å². The topological polar surface area (TPSA) is 58.6 Å². The van der Waals surface area contributed by atoms with Crippen LogP contribution in [0.3, 0.4) is 0 Å². The lowest BCUT2D eigenvalue weighted by Crippen LogP contribution is -2.41. The monoisotopic (exact) mass is 504 g/mol. The van der Waals surface area contributed by atoms with Crippen LogP contribution in [-0.2, 0) is 35.3 Å². The highest BCUT2D eigenvalue weighted by atomic mass is 32.1. The second kappa shape index (κ2) is 13.4. The quantitative estimate of drug-likeness (QED) is 0.272. The van der Waals surface area contributed by atoms with Gasteiger partial charge in [-0.05, 0) is 79.3 Å². The first-order valence-electron chi connectivity index (χ1n) is 13.0. The number of amides is 1. The maximum Gasteiger partial charge on any atom is 0.330 e. The number of fused-ring (bicyclic) bond motifs is 1. The summed E-state index contributed by atoms with van der Waals surface area (Å²) in [6.45, 7) is 4.30. The second-order valence-electron chi connectivity index (χ2n) is 9.39. The Hall–Kier alpha value is -2.96. The van der Waals surface area contributed by atoms with Gasteiger partial charge in [-0.3, -0.25) is 9.69 Å². The molecule has 190 valence electrons. The molecule has 36 heavy (non-hydrogen) atoms. The van der Waals surface area contributed by atoms with Crippen molar-refractivity contribution in [2.45, 2.75) is 57.9 Å². The van der Waals surface area contributed by atoms with Crippen LogP contribution in [0.5, 0.6) is 5.75 Å². The third kappa shape index (κ3) is 7.52. The molecule has 1 aromatic heterocycles. The molecule has 0 bridgehead atoms. The fourth-order valence-electron chi connectivity index (χ4n) is 4.95. The molecular weight excluding hydrogens is 468 g/mol. The summed E-state index contributed by atoms with van der Waals surface area (Å²) in [5.41, 5.74) is 3.50. The Morgan fingerprint density at radius 1 is 1.03 bits per heavy atom. The van der Waals surface area contributed by atoms with Crippen molar-refractivity contribution in [1.29, 1.82) is 0 Å². The van der Waals surface area contributed by atoms with Crippen molar-refractivity contribution in [3.63, 3.8) is 0 Å². The lowest BCUT2D eigenvalue weighted by Gasteiger charge is -2.35. The Balaban J connectivity index is 1.28. The number of carbonyl (C=O) groups is 2. The fourth-order valence-corrected chi connectivity index (χ4v) is 5.65. The van der Waals surface area contributed by atoms with Gasteiger partial charge in [-0.25, -0.2) is 4.79 Å². The van der Waals surface area contributed by atoms with E-state index in [0.717, 1.165) is 56.3 Å². The molecule has 1 heterocycles. The molecule has 1 aliphatic rings. The van der Waals surface area contributed by atoms with Gasteiger partial charge in [0, 0.05) is 23.9 Å². The Labute approximate surface area is 218 Å². The lowest BCUT2D eigenvalue weighted by atomic mass is 9.86. The minimum Gasteiger partial charge on any atom is -0.425 e. The van der Waals surface area contributed by atoms with Gasteiger partial charge in [0.1, 0.15) is 12.3 Å². The molecule has 1 unspecified atom stereocenters. The molecular formula is C30H36N2O3S. The van der Waals surface area contributed by atoms with Crippen molar-refractivity contribution in [3.05, 3.63) is 87.6 Å².